The Balaban J connectivity index is 1.09. The van der Waals surface area contributed by atoms with Crippen LogP contribution in [0.25, 0.3) is 0 Å². The van der Waals surface area contributed by atoms with Crippen molar-refractivity contribution in [3.05, 3.63) is 122 Å². The molecule has 11 unspecified atom stereocenters. The number of benzene rings is 3. The molecule has 8 aliphatic carbocycles. The van der Waals surface area contributed by atoms with Crippen LogP contribution in [0.2, 0.25) is 0 Å². The van der Waals surface area contributed by atoms with E-state index in [0.29, 0.717) is 61.4 Å². The Kier molecular flexibility index (Phi) is 14.7. The Hall–Kier alpha value is -5.38. The molecule has 3 aromatic carbocycles. The molecule has 12 rings (SSSR count). The van der Waals surface area contributed by atoms with E-state index in [0.717, 1.165) is 117 Å². The van der Waals surface area contributed by atoms with Crippen molar-refractivity contribution in [2.24, 2.45) is 51.1 Å². The fourth-order valence-electron chi connectivity index (χ4n) is 17.6. The molecule has 4 fully saturated rings. The first-order valence-electron chi connectivity index (χ1n) is 29.9. The van der Waals surface area contributed by atoms with Gasteiger partial charge in [-0.15, -0.1) is 0 Å². The van der Waals surface area contributed by atoms with Crippen molar-refractivity contribution in [2.45, 2.75) is 171 Å². The maximum absolute atomic E-state index is 15.3. The van der Waals surface area contributed by atoms with Gasteiger partial charge in [-0.2, -0.15) is 0 Å². The van der Waals surface area contributed by atoms with Crippen LogP contribution < -0.4 is 15.8 Å². The van der Waals surface area contributed by atoms with Gasteiger partial charge in [-0.1, -0.05) is 92.2 Å². The van der Waals surface area contributed by atoms with E-state index in [1.165, 1.54) is 11.1 Å². The Morgan fingerprint density at radius 1 is 0.885 bits per heavy atom. The Bertz CT molecular complexity index is 2990. The Labute approximate surface area is 461 Å². The number of ketones is 1. The first kappa shape index (κ1) is 53.3. The molecule has 11 atom stereocenters. The smallest absolute Gasteiger partial charge is 0.189 e. The van der Waals surface area contributed by atoms with Gasteiger partial charge in [0.2, 0.25) is 0 Å². The Morgan fingerprint density at radius 3 is 2.47 bits per heavy atom. The largest absolute Gasteiger partial charge is 0.508 e. The summed E-state index contributed by atoms with van der Waals surface area (Å²) < 4.78 is 13.4. The first-order chi connectivity index (χ1) is 37.9. The molecule has 8 bridgehead atoms. The average Bonchev–Trinajstić information content (AvgIpc) is 4.05. The summed E-state index contributed by atoms with van der Waals surface area (Å²) in [6.07, 6.45) is 22.4. The number of ether oxygens (including phenoxy) is 2. The third-order valence-electron chi connectivity index (χ3n) is 21.0. The summed E-state index contributed by atoms with van der Waals surface area (Å²) in [4.78, 5) is 20.7. The number of guanidine groups is 1. The van der Waals surface area contributed by atoms with Crippen molar-refractivity contribution in [3.8, 4) is 29.1 Å². The van der Waals surface area contributed by atoms with Gasteiger partial charge in [0.15, 0.2) is 23.2 Å². The molecule has 1 aliphatic heterocycles. The molecule has 11 nitrogen and oxygen atoms in total. The third-order valence-corrected chi connectivity index (χ3v) is 21.0. The highest BCUT2D eigenvalue weighted by Gasteiger charge is 2.55. The molecule has 0 saturated heterocycles. The summed E-state index contributed by atoms with van der Waals surface area (Å²) >= 11 is 0. The second-order valence-corrected chi connectivity index (χ2v) is 25.8. The molecule has 9 aliphatic rings. The summed E-state index contributed by atoms with van der Waals surface area (Å²) in [5.74, 6) is 7.21. The number of hydrogen-bond donors (Lipinski definition) is 7. The van der Waals surface area contributed by atoms with Gasteiger partial charge in [-0.25, -0.2) is 4.99 Å². The molecule has 4 saturated carbocycles. The summed E-state index contributed by atoms with van der Waals surface area (Å²) in [6.45, 7) is 2.14. The maximum Gasteiger partial charge on any atom is 0.189 e. The minimum absolute atomic E-state index is 0.0354. The predicted octanol–water partition coefficient (Wildman–Crippen LogP) is 10.8. The van der Waals surface area contributed by atoms with Crippen LogP contribution in [0.15, 0.2) is 88.5 Å². The van der Waals surface area contributed by atoms with Crippen LogP contribution in [0.5, 0.6) is 17.2 Å². The molecule has 0 radical (unpaired) electrons. The van der Waals surface area contributed by atoms with Crippen LogP contribution in [-0.2, 0) is 21.5 Å². The zero-order valence-electron chi connectivity index (χ0n) is 46.1. The summed E-state index contributed by atoms with van der Waals surface area (Å²) in [7, 11) is 1.73. The Morgan fingerprint density at radius 2 is 1.69 bits per heavy atom. The van der Waals surface area contributed by atoms with Crippen LogP contribution in [-0.4, -0.2) is 83.0 Å². The van der Waals surface area contributed by atoms with E-state index in [4.69, 9.17) is 20.2 Å². The number of hydrogen-bond acceptors (Lipinski definition) is 11. The van der Waals surface area contributed by atoms with Crippen molar-refractivity contribution >= 4 is 11.7 Å². The molecule has 11 heteroatoms. The minimum atomic E-state index is -0.928. The molecule has 3 aromatic rings. The van der Waals surface area contributed by atoms with E-state index in [-0.39, 0.29) is 97.7 Å². The van der Waals surface area contributed by atoms with Gasteiger partial charge in [0.25, 0.3) is 0 Å². The van der Waals surface area contributed by atoms with Gasteiger partial charge in [0, 0.05) is 65.2 Å². The van der Waals surface area contributed by atoms with Gasteiger partial charge in [0.05, 0.1) is 44.1 Å². The number of aliphatic hydroxyl groups excluding tert-OH is 3. The van der Waals surface area contributed by atoms with E-state index in [2.05, 4.69) is 72.6 Å². The summed E-state index contributed by atoms with van der Waals surface area (Å²) in [5, 5.41) is 63.7. The van der Waals surface area contributed by atoms with Gasteiger partial charge in [-0.05, 0) is 177 Å². The van der Waals surface area contributed by atoms with Crippen LogP contribution >= 0.6 is 0 Å². The van der Waals surface area contributed by atoms with Gasteiger partial charge < -0.3 is 46.1 Å². The van der Waals surface area contributed by atoms with Gasteiger partial charge in [0.1, 0.15) is 5.75 Å². The van der Waals surface area contributed by atoms with E-state index < -0.39 is 28.3 Å². The molecule has 414 valence electrons. The number of nitrogens with zero attached hydrogens (tertiary/aromatic N) is 1. The quantitative estimate of drug-likeness (QED) is 0.0845. The number of carbonyl (C=O) groups is 1. The molecular formula is C67H83N3O8. The van der Waals surface area contributed by atoms with Crippen LogP contribution in [0.1, 0.15) is 186 Å². The number of aliphatic imine (C=N–C) groups is 1. The number of methoxy groups -OCH3 is 1. The van der Waals surface area contributed by atoms with E-state index in [9.17, 15) is 25.5 Å². The van der Waals surface area contributed by atoms with Gasteiger partial charge >= 0.3 is 0 Å². The molecule has 0 aromatic heterocycles. The fourth-order valence-corrected chi connectivity index (χ4v) is 17.6. The van der Waals surface area contributed by atoms with Crippen molar-refractivity contribution in [1.29, 1.82) is 0 Å². The number of aromatic hydroxyl groups is 2. The average molecular weight is 1060 g/mol. The number of aliphatic hydroxyl groups is 3. The molecular weight excluding hydrogens is 975 g/mol. The van der Waals surface area contributed by atoms with Crippen molar-refractivity contribution in [1.82, 2.24) is 5.32 Å². The molecule has 0 amide bonds. The lowest BCUT2D eigenvalue weighted by Crippen LogP contribution is -2.51. The number of carbonyl (C=O) groups excluding carboxylic acids is 1. The van der Waals surface area contributed by atoms with Gasteiger partial charge in [-0.3, -0.25) is 4.79 Å². The SMILES string of the molecule is COCC1C2c3c(O)c(OC4CCCC4)cc(C4CCC5CC6(CO)C=CCCC6C(CO)=C5C(=O)C4)c3C#CCC3CC1(CO)C=C1C(CC(C)CC12)c1cc(O)cc(c1)Cc1cccc(c1)C1(CCCCC1)NC(N)=N3. The number of allylic oxidation sites excluding steroid dienone is 3. The summed E-state index contributed by atoms with van der Waals surface area (Å²) in [5.41, 5.74) is 14.8. The number of phenolic OH excluding ortho intramolecular Hbond substituents is 2. The lowest BCUT2D eigenvalue weighted by Gasteiger charge is -2.54. The summed E-state index contributed by atoms with van der Waals surface area (Å²) in [6, 6.07) is 16.5. The van der Waals surface area contributed by atoms with E-state index in [1.807, 2.05) is 18.2 Å². The molecule has 1 spiro atoms. The van der Waals surface area contributed by atoms with Crippen LogP contribution in [0.4, 0.5) is 0 Å². The van der Waals surface area contributed by atoms with E-state index in [1.54, 1.807) is 7.11 Å². The highest BCUT2D eigenvalue weighted by atomic mass is 16.5. The molecule has 8 N–H and O–H groups in total. The minimum Gasteiger partial charge on any atom is -0.508 e. The fraction of sp³-hybridized carbons (Fsp3) is 0.582. The lowest BCUT2D eigenvalue weighted by molar-refractivity contribution is -0.116. The maximum atomic E-state index is 15.3. The highest BCUT2D eigenvalue weighted by molar-refractivity contribution is 5.98. The molecule has 1 heterocycles. The number of fused-ring (bicyclic) bond motifs is 13. The van der Waals surface area contributed by atoms with Crippen molar-refractivity contribution < 1.29 is 39.8 Å². The van der Waals surface area contributed by atoms with Crippen LogP contribution in [0.3, 0.4) is 0 Å². The first-order valence-corrected chi connectivity index (χ1v) is 29.9. The van der Waals surface area contributed by atoms with E-state index >= 15 is 4.79 Å². The topological polar surface area (TPSA) is 187 Å². The number of nitrogens with one attached hydrogen (secondary N) is 1. The van der Waals surface area contributed by atoms with Crippen molar-refractivity contribution in [2.75, 3.05) is 33.5 Å². The second kappa shape index (κ2) is 21.6. The monoisotopic (exact) mass is 1060 g/mol. The van der Waals surface area contributed by atoms with Crippen LogP contribution in [0, 0.1) is 52.3 Å². The normalized spacial score (nSPS) is 33.3. The zero-order chi connectivity index (χ0) is 53.9. The third kappa shape index (κ3) is 9.52. The predicted molar refractivity (Wildman–Crippen MR) is 303 cm³/mol. The lowest BCUT2D eigenvalue weighted by atomic mass is 9.51. The standard InChI is InChI=1S/C67H83N3O8/c1-40-24-51-45-27-42(29-48(74)30-45)26-41-12-10-13-46(28-41)67(22-7-3-8-23-67)70-64(68)69-47-14-11-17-50-52(43-19-20-44-33-65(38-72)21-9-6-18-56(65)55(36-71)60(44)58(75)31-43)32-59(78-49-15-4-5-16-49)63(76)62(50)61-53(25-40)54(51)35-66(34-47,39-73)57(61)37-77-2/h9-10,12-13,21,27-30,32,35,40,43-44,47,49,51,53,56-57,61,71-74,76H,3-8,14-16,18-20,22-26,31,33-34,36-39H2,1-2H3,(H3,68,69,70). The highest BCUT2D eigenvalue weighted by Crippen LogP contribution is 2.63. The number of phenols is 2. The number of rotatable bonds is 8. The van der Waals surface area contributed by atoms with Crippen molar-refractivity contribution in [3.63, 3.8) is 0 Å². The second-order valence-electron chi connectivity index (χ2n) is 25.8. The number of nitrogens with two attached hydrogens (primary N) is 1. The molecule has 78 heavy (non-hydrogen) atoms. The zero-order valence-corrected chi connectivity index (χ0v) is 46.1. The number of Topliss-reactive ketones (excluding diaryl/α,β-unsaturated/α-hetero) is 1.